The highest BCUT2D eigenvalue weighted by Gasteiger charge is 2.07. The zero-order valence-corrected chi connectivity index (χ0v) is 7.43. The molecular formula is C9H20O. The van der Waals surface area contributed by atoms with Crippen molar-refractivity contribution in [3.63, 3.8) is 0 Å². The average Bonchev–Trinajstić information content (AvgIpc) is 1.86. The molecule has 0 aliphatic carbocycles. The van der Waals surface area contributed by atoms with Gasteiger partial charge in [-0.15, -0.1) is 0 Å². The van der Waals surface area contributed by atoms with Crippen molar-refractivity contribution in [2.24, 2.45) is 5.92 Å². The first kappa shape index (κ1) is 9.96. The van der Waals surface area contributed by atoms with E-state index in [2.05, 4.69) is 13.8 Å². The molecule has 0 fully saturated rings. The van der Waals surface area contributed by atoms with Crippen LogP contribution in [-0.2, 0) is 0 Å². The van der Waals surface area contributed by atoms with Crippen molar-refractivity contribution in [1.29, 1.82) is 0 Å². The second kappa shape index (κ2) is 5.72. The van der Waals surface area contributed by atoms with Crippen LogP contribution in [0.15, 0.2) is 0 Å². The molecule has 2 atom stereocenters. The summed E-state index contributed by atoms with van der Waals surface area (Å²) >= 11 is 0. The lowest BCUT2D eigenvalue weighted by Crippen LogP contribution is -2.08. The van der Waals surface area contributed by atoms with Gasteiger partial charge in [0.1, 0.15) is 0 Å². The predicted molar refractivity (Wildman–Crippen MR) is 45.0 cm³/mol. The summed E-state index contributed by atoms with van der Waals surface area (Å²) in [6, 6.07) is 0. The minimum atomic E-state index is -0.114. The van der Waals surface area contributed by atoms with Gasteiger partial charge in [0.05, 0.1) is 6.10 Å². The summed E-state index contributed by atoms with van der Waals surface area (Å²) in [4.78, 5) is 0. The van der Waals surface area contributed by atoms with Crippen LogP contribution in [0.5, 0.6) is 0 Å². The second-order valence-electron chi connectivity index (χ2n) is 3.15. The molecule has 0 rings (SSSR count). The summed E-state index contributed by atoms with van der Waals surface area (Å²) in [5, 5.41) is 9.08. The van der Waals surface area contributed by atoms with Crippen molar-refractivity contribution >= 4 is 0 Å². The van der Waals surface area contributed by atoms with Gasteiger partial charge in [0.25, 0.3) is 0 Å². The lowest BCUT2D eigenvalue weighted by atomic mass is 9.95. The molecule has 0 spiro atoms. The molecule has 10 heavy (non-hydrogen) atoms. The van der Waals surface area contributed by atoms with Gasteiger partial charge >= 0.3 is 0 Å². The first-order valence-corrected chi connectivity index (χ1v) is 4.38. The minimum absolute atomic E-state index is 0.114. The second-order valence-corrected chi connectivity index (χ2v) is 3.15. The Morgan fingerprint density at radius 3 is 2.20 bits per heavy atom. The molecular weight excluding hydrogens is 124 g/mol. The Labute approximate surface area is 64.5 Å². The summed E-state index contributed by atoms with van der Waals surface area (Å²) in [5.41, 5.74) is 0. The fraction of sp³-hybridized carbons (Fsp3) is 1.00. The molecule has 0 heterocycles. The van der Waals surface area contributed by atoms with Gasteiger partial charge in [0, 0.05) is 0 Å². The molecule has 0 saturated carbocycles. The molecule has 0 aromatic rings. The number of aliphatic hydroxyl groups excluding tert-OH is 1. The van der Waals surface area contributed by atoms with Crippen LogP contribution in [0.2, 0.25) is 0 Å². The largest absolute Gasteiger partial charge is 0.393 e. The summed E-state index contributed by atoms with van der Waals surface area (Å²) in [5.74, 6) is 0.741. The van der Waals surface area contributed by atoms with Gasteiger partial charge in [-0.2, -0.15) is 0 Å². The van der Waals surface area contributed by atoms with Crippen LogP contribution in [-0.4, -0.2) is 11.2 Å². The van der Waals surface area contributed by atoms with Gasteiger partial charge < -0.3 is 5.11 Å². The molecule has 1 N–H and O–H groups in total. The van der Waals surface area contributed by atoms with Gasteiger partial charge in [-0.3, -0.25) is 0 Å². The Hall–Kier alpha value is -0.0400. The van der Waals surface area contributed by atoms with Crippen LogP contribution in [0, 0.1) is 5.92 Å². The summed E-state index contributed by atoms with van der Waals surface area (Å²) in [6.45, 7) is 6.27. The number of aliphatic hydroxyl groups is 1. The minimum Gasteiger partial charge on any atom is -0.393 e. The maximum absolute atomic E-state index is 9.08. The van der Waals surface area contributed by atoms with E-state index in [0.717, 1.165) is 12.3 Å². The van der Waals surface area contributed by atoms with Gasteiger partial charge in [0.15, 0.2) is 0 Å². The van der Waals surface area contributed by atoms with E-state index in [1.165, 1.54) is 19.3 Å². The number of hydrogen-bond donors (Lipinski definition) is 1. The first-order chi connectivity index (χ1) is 4.70. The van der Waals surface area contributed by atoms with Crippen LogP contribution in [0.4, 0.5) is 0 Å². The highest BCUT2D eigenvalue weighted by atomic mass is 16.3. The van der Waals surface area contributed by atoms with Crippen LogP contribution < -0.4 is 0 Å². The Balaban J connectivity index is 3.39. The van der Waals surface area contributed by atoms with Crippen LogP contribution in [0.1, 0.15) is 46.5 Å². The fourth-order valence-electron chi connectivity index (χ4n) is 1.38. The van der Waals surface area contributed by atoms with Crippen molar-refractivity contribution in [2.45, 2.75) is 52.6 Å². The summed E-state index contributed by atoms with van der Waals surface area (Å²) < 4.78 is 0. The van der Waals surface area contributed by atoms with Gasteiger partial charge in [0.2, 0.25) is 0 Å². The zero-order valence-electron chi connectivity index (χ0n) is 7.43. The molecule has 0 bridgehead atoms. The summed E-state index contributed by atoms with van der Waals surface area (Å²) in [7, 11) is 0. The standard InChI is InChI=1S/C9H20O/c1-4-6-9(5-2)7-8(3)10/h8-10H,4-7H2,1-3H3. The third-order valence-electron chi connectivity index (χ3n) is 1.95. The molecule has 0 aromatic carbocycles. The smallest absolute Gasteiger partial charge is 0.0514 e. The number of rotatable bonds is 5. The third kappa shape index (κ3) is 4.80. The average molecular weight is 144 g/mol. The van der Waals surface area contributed by atoms with Crippen LogP contribution in [0.3, 0.4) is 0 Å². The third-order valence-corrected chi connectivity index (χ3v) is 1.95. The maximum Gasteiger partial charge on any atom is 0.0514 e. The van der Waals surface area contributed by atoms with Crippen molar-refractivity contribution in [3.8, 4) is 0 Å². The maximum atomic E-state index is 9.08. The van der Waals surface area contributed by atoms with Crippen LogP contribution >= 0.6 is 0 Å². The van der Waals surface area contributed by atoms with E-state index in [0.29, 0.717) is 0 Å². The highest BCUT2D eigenvalue weighted by molar-refractivity contribution is 4.59. The zero-order chi connectivity index (χ0) is 7.98. The predicted octanol–water partition coefficient (Wildman–Crippen LogP) is 2.58. The van der Waals surface area contributed by atoms with Crippen molar-refractivity contribution in [2.75, 3.05) is 0 Å². The van der Waals surface area contributed by atoms with E-state index in [1.807, 2.05) is 6.92 Å². The van der Waals surface area contributed by atoms with Crippen molar-refractivity contribution in [3.05, 3.63) is 0 Å². The normalized spacial score (nSPS) is 16.8. The molecule has 0 aliphatic rings. The van der Waals surface area contributed by atoms with Crippen LogP contribution in [0.25, 0.3) is 0 Å². The monoisotopic (exact) mass is 144 g/mol. The summed E-state index contributed by atoms with van der Waals surface area (Å²) in [6.07, 6.45) is 4.58. The van der Waals surface area contributed by atoms with E-state index in [1.54, 1.807) is 0 Å². The molecule has 0 saturated heterocycles. The van der Waals surface area contributed by atoms with Crippen molar-refractivity contribution < 1.29 is 5.11 Å². The fourth-order valence-corrected chi connectivity index (χ4v) is 1.38. The first-order valence-electron chi connectivity index (χ1n) is 4.38. The molecule has 1 nitrogen and oxygen atoms in total. The molecule has 0 radical (unpaired) electrons. The Kier molecular flexibility index (Phi) is 5.70. The molecule has 0 aliphatic heterocycles. The highest BCUT2D eigenvalue weighted by Crippen LogP contribution is 2.16. The lowest BCUT2D eigenvalue weighted by molar-refractivity contribution is 0.155. The quantitative estimate of drug-likeness (QED) is 0.628. The Bertz CT molecular complexity index is 69.1. The van der Waals surface area contributed by atoms with Gasteiger partial charge in [-0.25, -0.2) is 0 Å². The molecule has 62 valence electrons. The van der Waals surface area contributed by atoms with E-state index in [-0.39, 0.29) is 6.10 Å². The van der Waals surface area contributed by atoms with Crippen molar-refractivity contribution in [1.82, 2.24) is 0 Å². The topological polar surface area (TPSA) is 20.2 Å². The van der Waals surface area contributed by atoms with Gasteiger partial charge in [-0.05, 0) is 19.3 Å². The Morgan fingerprint density at radius 2 is 1.90 bits per heavy atom. The van der Waals surface area contributed by atoms with E-state index < -0.39 is 0 Å². The van der Waals surface area contributed by atoms with E-state index in [4.69, 9.17) is 5.11 Å². The van der Waals surface area contributed by atoms with E-state index in [9.17, 15) is 0 Å². The SMILES string of the molecule is CCCC(CC)CC(C)O. The molecule has 1 heteroatoms. The molecule has 0 aromatic heterocycles. The Morgan fingerprint density at radius 1 is 1.30 bits per heavy atom. The molecule has 0 amide bonds. The molecule has 2 unspecified atom stereocenters. The van der Waals surface area contributed by atoms with E-state index >= 15 is 0 Å². The lowest BCUT2D eigenvalue weighted by Gasteiger charge is -2.14. The number of hydrogen-bond acceptors (Lipinski definition) is 1. The van der Waals surface area contributed by atoms with Gasteiger partial charge in [-0.1, -0.05) is 33.1 Å².